The SMILES string of the molecule is C=C1C(=O)O[C@@H]2[C@H]3C(C)=C(O)C(=O)C3=C(C)C[C@@H](OC(=O)/C(C)=C\C)[C@@H]12. The van der Waals surface area contributed by atoms with Crippen LogP contribution in [0.4, 0.5) is 0 Å². The van der Waals surface area contributed by atoms with Gasteiger partial charge in [0.05, 0.1) is 11.8 Å². The van der Waals surface area contributed by atoms with Crippen molar-refractivity contribution in [1.82, 2.24) is 0 Å². The molecule has 1 N–H and O–H groups in total. The molecule has 6 nitrogen and oxygen atoms in total. The molecule has 1 saturated heterocycles. The van der Waals surface area contributed by atoms with Gasteiger partial charge in [-0.25, -0.2) is 9.59 Å². The minimum atomic E-state index is -0.722. The second-order valence-electron chi connectivity index (χ2n) is 7.07. The summed E-state index contributed by atoms with van der Waals surface area (Å²) in [6.07, 6.45) is 0.537. The van der Waals surface area contributed by atoms with Gasteiger partial charge in [0.25, 0.3) is 0 Å². The molecular weight excluding hydrogens is 336 g/mol. The summed E-state index contributed by atoms with van der Waals surface area (Å²) in [7, 11) is 0. The summed E-state index contributed by atoms with van der Waals surface area (Å²) >= 11 is 0. The third-order valence-electron chi connectivity index (χ3n) is 5.58. The molecule has 1 heterocycles. The molecule has 2 aliphatic carbocycles. The van der Waals surface area contributed by atoms with E-state index in [1.807, 2.05) is 0 Å². The number of fused-ring (bicyclic) bond motifs is 3. The van der Waals surface area contributed by atoms with Crippen molar-refractivity contribution in [2.45, 2.75) is 46.3 Å². The lowest BCUT2D eigenvalue weighted by Crippen LogP contribution is -2.36. The van der Waals surface area contributed by atoms with Crippen LogP contribution < -0.4 is 0 Å². The fraction of sp³-hybridized carbons (Fsp3) is 0.450. The van der Waals surface area contributed by atoms with Gasteiger partial charge in [-0.2, -0.15) is 0 Å². The normalized spacial score (nSPS) is 31.7. The molecule has 0 radical (unpaired) electrons. The molecule has 0 aromatic carbocycles. The lowest BCUT2D eigenvalue weighted by molar-refractivity contribution is -0.148. The van der Waals surface area contributed by atoms with Crippen LogP contribution >= 0.6 is 0 Å². The number of aliphatic hydroxyl groups excluding tert-OH is 1. The molecule has 0 unspecified atom stereocenters. The molecule has 3 aliphatic rings. The van der Waals surface area contributed by atoms with Crippen molar-refractivity contribution in [1.29, 1.82) is 0 Å². The van der Waals surface area contributed by atoms with Gasteiger partial charge in [0.2, 0.25) is 5.78 Å². The molecule has 138 valence electrons. The highest BCUT2D eigenvalue weighted by atomic mass is 16.6. The lowest BCUT2D eigenvalue weighted by atomic mass is 9.82. The zero-order chi connectivity index (χ0) is 19.3. The lowest BCUT2D eigenvalue weighted by Gasteiger charge is -2.27. The summed E-state index contributed by atoms with van der Waals surface area (Å²) in [5, 5.41) is 10.1. The molecule has 0 saturated carbocycles. The van der Waals surface area contributed by atoms with Crippen LogP contribution in [0.5, 0.6) is 0 Å². The molecule has 1 fully saturated rings. The minimum Gasteiger partial charge on any atom is -0.504 e. The molecule has 0 aromatic rings. The minimum absolute atomic E-state index is 0.228. The van der Waals surface area contributed by atoms with Crippen molar-refractivity contribution < 1.29 is 29.0 Å². The maximum atomic E-state index is 12.5. The number of aliphatic hydroxyl groups is 1. The number of Topliss-reactive ketones (excluding diaryl/α,β-unsaturated/α-hetero) is 1. The number of allylic oxidation sites excluding steroid dienone is 2. The quantitative estimate of drug-likeness (QED) is 0.603. The summed E-state index contributed by atoms with van der Waals surface area (Å²) in [5.41, 5.74) is 2.30. The molecule has 0 bridgehead atoms. The van der Waals surface area contributed by atoms with E-state index >= 15 is 0 Å². The van der Waals surface area contributed by atoms with E-state index in [1.165, 1.54) is 0 Å². The number of carbonyl (C=O) groups is 3. The maximum absolute atomic E-state index is 12.5. The average Bonchev–Trinajstić information content (AvgIpc) is 2.96. The van der Waals surface area contributed by atoms with E-state index in [9.17, 15) is 19.5 Å². The third kappa shape index (κ3) is 2.52. The first-order valence-electron chi connectivity index (χ1n) is 8.56. The highest BCUT2D eigenvalue weighted by Gasteiger charge is 2.55. The van der Waals surface area contributed by atoms with E-state index in [2.05, 4.69) is 6.58 Å². The van der Waals surface area contributed by atoms with E-state index in [4.69, 9.17) is 9.47 Å². The fourth-order valence-corrected chi connectivity index (χ4v) is 4.00. The molecule has 4 atom stereocenters. The Labute approximate surface area is 151 Å². The van der Waals surface area contributed by atoms with E-state index in [0.29, 0.717) is 16.7 Å². The molecular formula is C20H22O6. The number of rotatable bonds is 2. The molecule has 1 aliphatic heterocycles. The van der Waals surface area contributed by atoms with Gasteiger partial charge in [-0.1, -0.05) is 18.2 Å². The van der Waals surface area contributed by atoms with Crippen LogP contribution in [-0.2, 0) is 23.9 Å². The molecule has 0 spiro atoms. The van der Waals surface area contributed by atoms with Crippen LogP contribution in [0.25, 0.3) is 0 Å². The van der Waals surface area contributed by atoms with Crippen LogP contribution in [0.3, 0.4) is 0 Å². The Morgan fingerprint density at radius 2 is 2.00 bits per heavy atom. The number of hydrogen-bond acceptors (Lipinski definition) is 6. The highest BCUT2D eigenvalue weighted by molar-refractivity contribution is 6.11. The summed E-state index contributed by atoms with van der Waals surface area (Å²) < 4.78 is 11.2. The first kappa shape index (κ1) is 18.2. The maximum Gasteiger partial charge on any atom is 0.334 e. The largest absolute Gasteiger partial charge is 0.504 e. The Bertz CT molecular complexity index is 825. The van der Waals surface area contributed by atoms with Gasteiger partial charge in [0.1, 0.15) is 12.2 Å². The number of ether oxygens (including phenoxy) is 2. The zero-order valence-electron chi connectivity index (χ0n) is 15.3. The number of ketones is 1. The van der Waals surface area contributed by atoms with E-state index in [-0.39, 0.29) is 17.8 Å². The molecule has 26 heavy (non-hydrogen) atoms. The van der Waals surface area contributed by atoms with Gasteiger partial charge in [-0.15, -0.1) is 0 Å². The van der Waals surface area contributed by atoms with Gasteiger partial charge in [-0.05, 0) is 33.3 Å². The van der Waals surface area contributed by atoms with E-state index < -0.39 is 41.8 Å². The average molecular weight is 358 g/mol. The summed E-state index contributed by atoms with van der Waals surface area (Å²) in [6.45, 7) is 10.6. The predicted molar refractivity (Wildman–Crippen MR) is 93.0 cm³/mol. The van der Waals surface area contributed by atoms with Crippen LogP contribution in [0.2, 0.25) is 0 Å². The summed E-state index contributed by atoms with van der Waals surface area (Å²) in [6, 6.07) is 0. The van der Waals surface area contributed by atoms with Crippen molar-refractivity contribution in [3.63, 3.8) is 0 Å². The predicted octanol–water partition coefficient (Wildman–Crippen LogP) is 2.71. The number of carbonyl (C=O) groups excluding carboxylic acids is 3. The summed E-state index contributed by atoms with van der Waals surface area (Å²) in [4.78, 5) is 37.0. The number of hydrogen-bond donors (Lipinski definition) is 1. The Morgan fingerprint density at radius 1 is 1.35 bits per heavy atom. The van der Waals surface area contributed by atoms with Gasteiger partial charge in [-0.3, -0.25) is 4.79 Å². The highest BCUT2D eigenvalue weighted by Crippen LogP contribution is 2.49. The zero-order valence-corrected chi connectivity index (χ0v) is 15.3. The Morgan fingerprint density at radius 3 is 2.62 bits per heavy atom. The summed E-state index contributed by atoms with van der Waals surface area (Å²) in [5.74, 6) is -2.89. The van der Waals surface area contributed by atoms with Gasteiger partial charge < -0.3 is 14.6 Å². The first-order valence-corrected chi connectivity index (χ1v) is 8.56. The second kappa shape index (κ2) is 6.27. The monoisotopic (exact) mass is 358 g/mol. The van der Waals surface area contributed by atoms with Crippen molar-refractivity contribution in [3.8, 4) is 0 Å². The van der Waals surface area contributed by atoms with Crippen molar-refractivity contribution in [2.75, 3.05) is 0 Å². The van der Waals surface area contributed by atoms with E-state index in [1.54, 1.807) is 33.8 Å². The fourth-order valence-electron chi connectivity index (χ4n) is 4.00. The van der Waals surface area contributed by atoms with Gasteiger partial charge >= 0.3 is 11.9 Å². The molecule has 0 aromatic heterocycles. The number of esters is 2. The van der Waals surface area contributed by atoms with Crippen molar-refractivity contribution in [2.24, 2.45) is 11.8 Å². The second-order valence-corrected chi connectivity index (χ2v) is 7.07. The van der Waals surface area contributed by atoms with Crippen molar-refractivity contribution in [3.05, 3.63) is 46.3 Å². The van der Waals surface area contributed by atoms with Crippen LogP contribution in [0, 0.1) is 11.8 Å². The Balaban J connectivity index is 2.07. The standard InChI is InChI=1S/C20H22O6/c1-6-8(2)19(23)25-12-7-9(3)13-15(10(4)16(21)17(13)22)18-14(12)11(5)20(24)26-18/h6,12,14-15,18,21H,5,7H2,1-4H3/b8-6-/t12-,14-,15+,18+/m1/s1. The first-order chi connectivity index (χ1) is 12.2. The third-order valence-corrected chi connectivity index (χ3v) is 5.58. The van der Waals surface area contributed by atoms with Crippen LogP contribution in [0.15, 0.2) is 46.3 Å². The molecule has 3 rings (SSSR count). The van der Waals surface area contributed by atoms with Gasteiger partial charge in [0, 0.05) is 23.1 Å². The topological polar surface area (TPSA) is 89.9 Å². The van der Waals surface area contributed by atoms with Crippen LogP contribution in [0.1, 0.15) is 34.1 Å². The Hall–Kier alpha value is -2.63. The Kier molecular flexibility index (Phi) is 4.38. The van der Waals surface area contributed by atoms with Crippen LogP contribution in [-0.4, -0.2) is 35.0 Å². The van der Waals surface area contributed by atoms with Gasteiger partial charge in [0.15, 0.2) is 5.76 Å². The smallest absolute Gasteiger partial charge is 0.334 e. The molecule has 0 amide bonds. The van der Waals surface area contributed by atoms with Crippen molar-refractivity contribution >= 4 is 17.7 Å². The molecule has 6 heteroatoms. The van der Waals surface area contributed by atoms with E-state index in [0.717, 1.165) is 5.57 Å².